The summed E-state index contributed by atoms with van der Waals surface area (Å²) >= 11 is 6.11. The minimum absolute atomic E-state index is 0.00144. The molecule has 2 aromatic carbocycles. The van der Waals surface area contributed by atoms with E-state index in [1.807, 2.05) is 13.8 Å². The van der Waals surface area contributed by atoms with E-state index < -0.39 is 15.9 Å². The molecule has 3 aromatic rings. The quantitative estimate of drug-likeness (QED) is 0.558. The van der Waals surface area contributed by atoms with Crippen LogP contribution in [0.15, 0.2) is 65.7 Å². The summed E-state index contributed by atoms with van der Waals surface area (Å²) in [5.41, 5.74) is 1.43. The molecule has 0 unspecified atom stereocenters. The van der Waals surface area contributed by atoms with Crippen molar-refractivity contribution in [1.82, 2.24) is 4.98 Å². The second-order valence-electron chi connectivity index (χ2n) is 6.38. The van der Waals surface area contributed by atoms with Crippen molar-refractivity contribution in [3.8, 4) is 5.75 Å². The smallest absolute Gasteiger partial charge is 0.263 e. The van der Waals surface area contributed by atoms with Crippen LogP contribution in [0, 0.1) is 6.92 Å². The Morgan fingerprint density at radius 2 is 1.83 bits per heavy atom. The zero-order valence-electron chi connectivity index (χ0n) is 16.3. The second-order valence-corrected chi connectivity index (χ2v) is 8.44. The fourth-order valence-electron chi connectivity index (χ4n) is 2.58. The molecule has 0 aliphatic rings. The van der Waals surface area contributed by atoms with Crippen LogP contribution in [0.2, 0.25) is 5.02 Å². The Bertz CT molecular complexity index is 1150. The third-order valence-electron chi connectivity index (χ3n) is 4.05. The maximum atomic E-state index is 12.8. The number of nitrogens with one attached hydrogen (secondary N) is 2. The van der Waals surface area contributed by atoms with Crippen LogP contribution in [-0.2, 0) is 10.0 Å². The van der Waals surface area contributed by atoms with Gasteiger partial charge in [0.25, 0.3) is 15.9 Å². The monoisotopic (exact) mass is 445 g/mol. The zero-order valence-corrected chi connectivity index (χ0v) is 17.9. The van der Waals surface area contributed by atoms with E-state index in [1.165, 1.54) is 18.2 Å². The van der Waals surface area contributed by atoms with E-state index in [0.29, 0.717) is 23.9 Å². The first-order chi connectivity index (χ1) is 14.3. The molecule has 9 heteroatoms. The number of carbonyl (C=O) groups is 1. The molecule has 0 bridgehead atoms. The number of benzene rings is 2. The number of ether oxygens (including phenoxy) is 1. The van der Waals surface area contributed by atoms with Crippen molar-refractivity contribution < 1.29 is 17.9 Å². The SMILES string of the molecule is CCOc1ccc(NS(=O)(=O)c2cc(C(=O)Nc3ccc(C)cn3)ccc2Cl)cc1. The number of halogens is 1. The number of rotatable bonds is 7. The first-order valence-electron chi connectivity index (χ1n) is 9.08. The summed E-state index contributed by atoms with van der Waals surface area (Å²) in [5.74, 6) is 0.486. The van der Waals surface area contributed by atoms with Gasteiger partial charge in [-0.15, -0.1) is 0 Å². The summed E-state index contributed by atoms with van der Waals surface area (Å²) in [6, 6.07) is 14.0. The summed E-state index contributed by atoms with van der Waals surface area (Å²) in [4.78, 5) is 16.4. The van der Waals surface area contributed by atoms with Gasteiger partial charge in [-0.25, -0.2) is 13.4 Å². The number of hydrogen-bond donors (Lipinski definition) is 2. The van der Waals surface area contributed by atoms with Crippen LogP contribution < -0.4 is 14.8 Å². The second kappa shape index (κ2) is 9.15. The highest BCUT2D eigenvalue weighted by Crippen LogP contribution is 2.26. The standard InChI is InChI=1S/C21H20ClN3O4S/c1-3-29-17-8-6-16(7-9-17)25-30(27,28)19-12-15(5-10-18(19)22)21(26)24-20-11-4-14(2)13-23-20/h4-13,25H,3H2,1-2H3,(H,23,24,26). The van der Waals surface area contributed by atoms with Crippen LogP contribution in [0.3, 0.4) is 0 Å². The molecule has 30 heavy (non-hydrogen) atoms. The molecule has 1 amide bonds. The summed E-state index contributed by atoms with van der Waals surface area (Å²) in [6.45, 7) is 4.25. The Kier molecular flexibility index (Phi) is 6.59. The number of carbonyl (C=O) groups excluding carboxylic acids is 1. The maximum Gasteiger partial charge on any atom is 0.263 e. The molecule has 0 saturated heterocycles. The van der Waals surface area contributed by atoms with Crippen molar-refractivity contribution in [2.24, 2.45) is 0 Å². The lowest BCUT2D eigenvalue weighted by molar-refractivity contribution is 0.102. The fraction of sp³-hybridized carbons (Fsp3) is 0.143. The van der Waals surface area contributed by atoms with Crippen LogP contribution in [-0.4, -0.2) is 25.9 Å². The van der Waals surface area contributed by atoms with Gasteiger partial charge in [-0.05, 0) is 67.9 Å². The first-order valence-corrected chi connectivity index (χ1v) is 10.9. The Balaban J connectivity index is 1.82. The number of aromatic nitrogens is 1. The molecule has 156 valence electrons. The molecule has 1 heterocycles. The third-order valence-corrected chi connectivity index (χ3v) is 5.92. The predicted octanol–water partition coefficient (Wildman–Crippen LogP) is 4.50. The molecule has 2 N–H and O–H groups in total. The highest BCUT2D eigenvalue weighted by atomic mass is 35.5. The molecule has 0 saturated carbocycles. The summed E-state index contributed by atoms with van der Waals surface area (Å²) in [7, 11) is -4.02. The third kappa shape index (κ3) is 5.28. The van der Waals surface area contributed by atoms with Gasteiger partial charge < -0.3 is 10.1 Å². The number of nitrogens with zero attached hydrogens (tertiary/aromatic N) is 1. The van der Waals surface area contributed by atoms with Crippen molar-refractivity contribution >= 4 is 39.0 Å². The molecule has 0 aliphatic carbocycles. The molecule has 0 spiro atoms. The van der Waals surface area contributed by atoms with Crippen molar-refractivity contribution in [2.75, 3.05) is 16.6 Å². The Morgan fingerprint density at radius 1 is 1.10 bits per heavy atom. The molecule has 0 fully saturated rings. The number of pyridine rings is 1. The van der Waals surface area contributed by atoms with Crippen molar-refractivity contribution in [3.05, 3.63) is 76.9 Å². The number of hydrogen-bond acceptors (Lipinski definition) is 5. The molecular formula is C21H20ClN3O4S. The number of sulfonamides is 1. The normalized spacial score (nSPS) is 11.0. The Morgan fingerprint density at radius 3 is 2.47 bits per heavy atom. The van der Waals surface area contributed by atoms with E-state index in [0.717, 1.165) is 5.56 Å². The zero-order chi connectivity index (χ0) is 21.7. The van der Waals surface area contributed by atoms with Gasteiger partial charge in [-0.3, -0.25) is 9.52 Å². The largest absolute Gasteiger partial charge is 0.494 e. The molecule has 3 rings (SSSR count). The summed E-state index contributed by atoms with van der Waals surface area (Å²) < 4.78 is 33.5. The molecule has 0 aliphatic heterocycles. The lowest BCUT2D eigenvalue weighted by Gasteiger charge is -2.12. The van der Waals surface area contributed by atoms with Gasteiger partial charge in [-0.2, -0.15) is 0 Å². The van der Waals surface area contributed by atoms with Gasteiger partial charge in [0, 0.05) is 17.4 Å². The van der Waals surface area contributed by atoms with E-state index in [9.17, 15) is 13.2 Å². The predicted molar refractivity (Wildman–Crippen MR) is 117 cm³/mol. The van der Waals surface area contributed by atoms with Crippen LogP contribution in [0.4, 0.5) is 11.5 Å². The highest BCUT2D eigenvalue weighted by molar-refractivity contribution is 7.92. The number of anilines is 2. The van der Waals surface area contributed by atoms with Crippen molar-refractivity contribution in [3.63, 3.8) is 0 Å². The molecular weight excluding hydrogens is 426 g/mol. The minimum Gasteiger partial charge on any atom is -0.494 e. The topological polar surface area (TPSA) is 97.4 Å². The summed E-state index contributed by atoms with van der Waals surface area (Å²) in [6.07, 6.45) is 1.62. The van der Waals surface area contributed by atoms with Gasteiger partial charge in [0.2, 0.25) is 0 Å². The van der Waals surface area contributed by atoms with Gasteiger partial charge in [-0.1, -0.05) is 17.7 Å². The van der Waals surface area contributed by atoms with Crippen molar-refractivity contribution in [2.45, 2.75) is 18.7 Å². The van der Waals surface area contributed by atoms with Crippen LogP contribution in [0.5, 0.6) is 5.75 Å². The number of amides is 1. The molecule has 7 nitrogen and oxygen atoms in total. The van der Waals surface area contributed by atoms with Crippen LogP contribution in [0.25, 0.3) is 0 Å². The average Bonchev–Trinajstić information content (AvgIpc) is 2.71. The van der Waals surface area contributed by atoms with E-state index in [-0.39, 0.29) is 15.5 Å². The maximum absolute atomic E-state index is 12.8. The van der Waals surface area contributed by atoms with E-state index in [2.05, 4.69) is 15.0 Å². The fourth-order valence-corrected chi connectivity index (χ4v) is 4.16. The van der Waals surface area contributed by atoms with E-state index >= 15 is 0 Å². The molecule has 1 aromatic heterocycles. The molecule has 0 atom stereocenters. The highest BCUT2D eigenvalue weighted by Gasteiger charge is 2.21. The first kappa shape index (κ1) is 21.6. The Labute approximate surface area is 180 Å². The number of aryl methyl sites for hydroxylation is 1. The van der Waals surface area contributed by atoms with Gasteiger partial charge in [0.05, 0.1) is 11.6 Å². The van der Waals surface area contributed by atoms with Crippen LogP contribution in [0.1, 0.15) is 22.8 Å². The van der Waals surface area contributed by atoms with Gasteiger partial charge >= 0.3 is 0 Å². The van der Waals surface area contributed by atoms with Crippen molar-refractivity contribution in [1.29, 1.82) is 0 Å². The average molecular weight is 446 g/mol. The van der Waals surface area contributed by atoms with Gasteiger partial charge in [0.15, 0.2) is 0 Å². The molecule has 0 radical (unpaired) electrons. The Hall–Kier alpha value is -3.10. The summed E-state index contributed by atoms with van der Waals surface area (Å²) in [5, 5.41) is 2.63. The van der Waals surface area contributed by atoms with E-state index in [1.54, 1.807) is 42.6 Å². The van der Waals surface area contributed by atoms with Crippen LogP contribution >= 0.6 is 11.6 Å². The van der Waals surface area contributed by atoms with Gasteiger partial charge in [0.1, 0.15) is 16.5 Å². The lowest BCUT2D eigenvalue weighted by atomic mass is 10.2. The lowest BCUT2D eigenvalue weighted by Crippen LogP contribution is -2.17. The van der Waals surface area contributed by atoms with E-state index in [4.69, 9.17) is 16.3 Å². The minimum atomic E-state index is -4.02.